The van der Waals surface area contributed by atoms with Gasteiger partial charge in [0.1, 0.15) is 18.0 Å². The molecule has 0 aromatic carbocycles. The Balaban J connectivity index is 1.61. The Morgan fingerprint density at radius 1 is 1.42 bits per heavy atom. The zero-order valence-electron chi connectivity index (χ0n) is 18.3. The monoisotopic (exact) mass is 497 g/mol. The van der Waals surface area contributed by atoms with Gasteiger partial charge < -0.3 is 26.3 Å². The van der Waals surface area contributed by atoms with Gasteiger partial charge >= 0.3 is 5.97 Å². The second-order valence-electron chi connectivity index (χ2n) is 8.27. The standard InChI is InChI=1S/C18H24N8O5S2/c1-18(22-13(27)10(23-31-3)12-21-17(19)33-24-12)15(30)25-11(14(28)29)9(8-32-16(18)25)26(2)6-4-20-5-7-26/h16,20H,4-8H2,1-3H3,(H3-,19,21,22,24,27,28,29)/p+1/t16-,18+/m0/s1. The van der Waals surface area contributed by atoms with Crippen LogP contribution in [-0.2, 0) is 19.2 Å². The molecule has 4 rings (SSSR count). The number of nitrogens with zero attached hydrogens (tertiary/aromatic N) is 5. The van der Waals surface area contributed by atoms with Crippen molar-refractivity contribution in [1.82, 2.24) is 24.9 Å². The van der Waals surface area contributed by atoms with Crippen molar-refractivity contribution in [2.75, 3.05) is 51.8 Å². The largest absolute Gasteiger partial charge is 0.476 e. The van der Waals surface area contributed by atoms with Crippen LogP contribution in [-0.4, -0.2) is 104 Å². The van der Waals surface area contributed by atoms with E-state index in [0.29, 0.717) is 15.9 Å². The number of nitrogens with two attached hydrogens (primary N) is 1. The maximum Gasteiger partial charge on any atom is 0.358 e. The molecular formula is C18H25N8O5S2+. The highest BCUT2D eigenvalue weighted by atomic mass is 32.2. The average molecular weight is 498 g/mol. The van der Waals surface area contributed by atoms with E-state index in [2.05, 4.69) is 25.1 Å². The molecule has 1 aromatic heterocycles. The molecule has 4 heterocycles. The number of amides is 2. The van der Waals surface area contributed by atoms with Crippen LogP contribution in [0.5, 0.6) is 0 Å². The number of aliphatic carboxylic acids is 1. The molecule has 178 valence electrons. The number of carboxylic acids is 1. The fraction of sp³-hybridized carbons (Fsp3) is 0.556. The second-order valence-corrected chi connectivity index (χ2v) is 10.1. The Kier molecular flexibility index (Phi) is 6.07. The molecule has 5 N–H and O–H groups in total. The van der Waals surface area contributed by atoms with Crippen molar-refractivity contribution in [3.63, 3.8) is 0 Å². The molecule has 2 saturated heterocycles. The molecule has 0 saturated carbocycles. The third kappa shape index (κ3) is 3.84. The number of aromatic nitrogens is 2. The van der Waals surface area contributed by atoms with Crippen LogP contribution < -0.4 is 16.4 Å². The summed E-state index contributed by atoms with van der Waals surface area (Å²) in [5.41, 5.74) is 4.74. The zero-order chi connectivity index (χ0) is 24.0. The van der Waals surface area contributed by atoms with Crippen molar-refractivity contribution in [3.8, 4) is 0 Å². The fourth-order valence-electron chi connectivity index (χ4n) is 4.29. The Morgan fingerprint density at radius 2 is 2.12 bits per heavy atom. The van der Waals surface area contributed by atoms with Gasteiger partial charge in [0.25, 0.3) is 11.8 Å². The van der Waals surface area contributed by atoms with Gasteiger partial charge in [-0.15, -0.1) is 11.8 Å². The molecule has 33 heavy (non-hydrogen) atoms. The van der Waals surface area contributed by atoms with Gasteiger partial charge in [0.15, 0.2) is 16.5 Å². The summed E-state index contributed by atoms with van der Waals surface area (Å²) in [6, 6.07) is 0. The van der Waals surface area contributed by atoms with Crippen molar-refractivity contribution in [2.24, 2.45) is 5.16 Å². The van der Waals surface area contributed by atoms with Gasteiger partial charge in [-0.1, -0.05) is 5.16 Å². The average Bonchev–Trinajstić information content (AvgIpc) is 3.22. The number of hydrogen-bond acceptors (Lipinski definition) is 11. The minimum Gasteiger partial charge on any atom is -0.476 e. The summed E-state index contributed by atoms with van der Waals surface area (Å²) in [5, 5.41) is 19.2. The normalized spacial score (nSPS) is 27.0. The first-order chi connectivity index (χ1) is 15.6. The van der Waals surface area contributed by atoms with Crippen LogP contribution in [0, 0.1) is 0 Å². The van der Waals surface area contributed by atoms with Gasteiger partial charge in [0, 0.05) is 24.6 Å². The molecular weight excluding hydrogens is 472 g/mol. The molecule has 0 aliphatic carbocycles. The molecule has 2 fully saturated rings. The minimum atomic E-state index is -1.34. The highest BCUT2D eigenvalue weighted by Crippen LogP contribution is 2.47. The van der Waals surface area contributed by atoms with Crippen molar-refractivity contribution in [3.05, 3.63) is 17.2 Å². The summed E-state index contributed by atoms with van der Waals surface area (Å²) in [7, 11) is 3.26. The third-order valence-electron chi connectivity index (χ3n) is 6.13. The fourth-order valence-corrected chi connectivity index (χ4v) is 6.33. The van der Waals surface area contributed by atoms with Crippen LogP contribution in [0.1, 0.15) is 12.7 Å². The number of carbonyl (C=O) groups is 3. The van der Waals surface area contributed by atoms with Gasteiger partial charge in [-0.25, -0.2) is 4.79 Å². The van der Waals surface area contributed by atoms with Crippen LogP contribution in [0.4, 0.5) is 5.13 Å². The van der Waals surface area contributed by atoms with Crippen LogP contribution in [0.2, 0.25) is 0 Å². The quantitative estimate of drug-likeness (QED) is 0.159. The first kappa shape index (κ1) is 23.4. The number of oxime groups is 1. The molecule has 3 aliphatic heterocycles. The highest BCUT2D eigenvalue weighted by Gasteiger charge is 2.64. The molecule has 15 heteroatoms. The molecule has 0 spiro atoms. The maximum absolute atomic E-state index is 13.3. The lowest BCUT2D eigenvalue weighted by atomic mass is 9.88. The first-order valence-electron chi connectivity index (χ1n) is 10.1. The van der Waals surface area contributed by atoms with Crippen molar-refractivity contribution in [1.29, 1.82) is 0 Å². The number of nitrogens with one attached hydrogen (secondary N) is 2. The lowest BCUT2D eigenvalue weighted by molar-refractivity contribution is -0.874. The SMILES string of the molecule is CON=C(C(=O)N[C@]1(C)C(=O)N2C(C(=O)O)=C([N+]3(C)CCNCC3)CS[C@H]21)c1nsc(N)n1. The molecule has 3 aliphatic rings. The molecule has 0 unspecified atom stereocenters. The van der Waals surface area contributed by atoms with Crippen LogP contribution >= 0.6 is 23.3 Å². The minimum absolute atomic E-state index is 0.000373. The van der Waals surface area contributed by atoms with E-state index in [1.54, 1.807) is 6.92 Å². The Hall–Kier alpha value is -2.75. The van der Waals surface area contributed by atoms with Gasteiger partial charge in [-0.05, 0) is 6.92 Å². The number of thioether (sulfide) groups is 1. The van der Waals surface area contributed by atoms with E-state index in [9.17, 15) is 19.5 Å². The molecule has 0 bridgehead atoms. The van der Waals surface area contributed by atoms with Gasteiger partial charge in [0.05, 0.1) is 25.9 Å². The van der Waals surface area contributed by atoms with E-state index in [4.69, 9.17) is 10.6 Å². The van der Waals surface area contributed by atoms with Gasteiger partial charge in [-0.3, -0.25) is 19.0 Å². The molecule has 2 atom stereocenters. The Morgan fingerprint density at radius 3 is 2.70 bits per heavy atom. The summed E-state index contributed by atoms with van der Waals surface area (Å²) < 4.78 is 4.44. The van der Waals surface area contributed by atoms with Gasteiger partial charge in [0.2, 0.25) is 11.5 Å². The predicted molar refractivity (Wildman–Crippen MR) is 121 cm³/mol. The summed E-state index contributed by atoms with van der Waals surface area (Å²) >= 11 is 2.32. The van der Waals surface area contributed by atoms with Crippen LogP contribution in [0.25, 0.3) is 0 Å². The molecule has 13 nitrogen and oxygen atoms in total. The van der Waals surface area contributed by atoms with Crippen LogP contribution in [0.3, 0.4) is 0 Å². The third-order valence-corrected chi connectivity index (χ3v) is 8.11. The molecule has 2 amide bonds. The maximum atomic E-state index is 13.3. The lowest BCUT2D eigenvalue weighted by Gasteiger charge is -2.56. The number of β-lactam (4-membered cyclic amide) rings is 1. The Bertz CT molecular complexity index is 1070. The van der Waals surface area contributed by atoms with E-state index in [-0.39, 0.29) is 22.4 Å². The number of fused-ring (bicyclic) bond motifs is 1. The predicted octanol–water partition coefficient (Wildman–Crippen LogP) is -1.39. The number of carbonyl (C=O) groups excluding carboxylic acids is 2. The van der Waals surface area contributed by atoms with Crippen molar-refractivity contribution in [2.45, 2.75) is 17.8 Å². The lowest BCUT2D eigenvalue weighted by Crippen LogP contribution is -2.79. The van der Waals surface area contributed by atoms with Crippen molar-refractivity contribution >= 4 is 51.9 Å². The van der Waals surface area contributed by atoms with E-state index in [0.717, 1.165) is 37.7 Å². The number of rotatable bonds is 6. The summed E-state index contributed by atoms with van der Waals surface area (Å²) in [5.74, 6) is -1.98. The number of nitrogen functional groups attached to an aromatic ring is 1. The van der Waals surface area contributed by atoms with Gasteiger partial charge in [-0.2, -0.15) is 9.36 Å². The summed E-state index contributed by atoms with van der Waals surface area (Å²) in [6.07, 6.45) is 0. The van der Waals surface area contributed by atoms with E-state index in [1.807, 2.05) is 7.05 Å². The van der Waals surface area contributed by atoms with E-state index in [1.165, 1.54) is 23.8 Å². The number of carboxylic acid groups (broad SMARTS) is 1. The molecule has 1 aromatic rings. The van der Waals surface area contributed by atoms with Crippen molar-refractivity contribution < 1.29 is 28.8 Å². The first-order valence-corrected chi connectivity index (χ1v) is 12.0. The number of piperazine rings is 1. The zero-order valence-corrected chi connectivity index (χ0v) is 20.0. The topological polar surface area (TPSA) is 172 Å². The number of anilines is 1. The van der Waals surface area contributed by atoms with E-state index >= 15 is 0 Å². The highest BCUT2D eigenvalue weighted by molar-refractivity contribution is 8.00. The van der Waals surface area contributed by atoms with E-state index < -0.39 is 28.7 Å². The number of likely N-dealkylation sites (N-methyl/N-ethyl adjacent to an activating group) is 1. The number of hydrogen-bond donors (Lipinski definition) is 4. The molecule has 0 radical (unpaired) electrons. The smallest absolute Gasteiger partial charge is 0.358 e. The summed E-state index contributed by atoms with van der Waals surface area (Å²) in [6.45, 7) is 4.56. The number of quaternary nitrogens is 1. The van der Waals surface area contributed by atoms with Crippen LogP contribution in [0.15, 0.2) is 16.5 Å². The Labute approximate surface area is 197 Å². The summed E-state index contributed by atoms with van der Waals surface area (Å²) in [4.78, 5) is 48.5. The second kappa shape index (κ2) is 8.55.